The van der Waals surface area contributed by atoms with Gasteiger partial charge in [-0.3, -0.25) is 4.79 Å². The SMILES string of the molecule is COC(=O)c1c(NC(=O)CS(=O)(=O)c2nnc(-c3ccccc3F)o2)sc2c1CCC(C)C2. The first kappa shape index (κ1) is 23.1. The Bertz CT molecular complexity index is 1330. The normalized spacial score (nSPS) is 15.7. The zero-order chi connectivity index (χ0) is 23.8. The molecule has 1 aliphatic carbocycles. The Morgan fingerprint density at radius 3 is 2.79 bits per heavy atom. The maximum Gasteiger partial charge on any atom is 0.341 e. The fourth-order valence-corrected chi connectivity index (χ4v) is 5.96. The molecule has 0 radical (unpaired) electrons. The first-order valence-electron chi connectivity index (χ1n) is 10.0. The number of carbonyl (C=O) groups is 2. The van der Waals surface area contributed by atoms with Gasteiger partial charge in [0.2, 0.25) is 15.7 Å². The van der Waals surface area contributed by atoms with Crippen molar-refractivity contribution in [3.63, 3.8) is 0 Å². The minimum atomic E-state index is -4.32. The van der Waals surface area contributed by atoms with Crippen LogP contribution in [0.1, 0.15) is 34.1 Å². The molecule has 2 heterocycles. The average molecular weight is 494 g/mol. The van der Waals surface area contributed by atoms with Crippen LogP contribution in [0, 0.1) is 11.7 Å². The molecule has 0 saturated heterocycles. The van der Waals surface area contributed by atoms with Gasteiger partial charge in [-0.15, -0.1) is 16.4 Å². The van der Waals surface area contributed by atoms with E-state index < -0.39 is 38.5 Å². The predicted molar refractivity (Wildman–Crippen MR) is 117 cm³/mol. The van der Waals surface area contributed by atoms with Crippen LogP contribution < -0.4 is 5.32 Å². The Balaban J connectivity index is 1.55. The molecule has 9 nitrogen and oxygen atoms in total. The highest BCUT2D eigenvalue weighted by molar-refractivity contribution is 7.91. The van der Waals surface area contributed by atoms with Gasteiger partial charge >= 0.3 is 11.2 Å². The molecule has 2 aromatic heterocycles. The van der Waals surface area contributed by atoms with E-state index in [1.165, 1.54) is 42.7 Å². The fraction of sp³-hybridized carbons (Fsp3) is 0.333. The molecule has 3 aromatic rings. The number of nitrogens with one attached hydrogen (secondary N) is 1. The molecule has 0 saturated carbocycles. The van der Waals surface area contributed by atoms with E-state index in [1.807, 2.05) is 0 Å². The summed E-state index contributed by atoms with van der Waals surface area (Å²) < 4.78 is 49.2. The number of thiophene rings is 1. The summed E-state index contributed by atoms with van der Waals surface area (Å²) in [6.45, 7) is 2.10. The minimum absolute atomic E-state index is 0.0583. The second-order valence-corrected chi connectivity index (χ2v) is 10.7. The summed E-state index contributed by atoms with van der Waals surface area (Å²) in [4.78, 5) is 25.9. The third kappa shape index (κ3) is 4.67. The summed E-state index contributed by atoms with van der Waals surface area (Å²) in [6, 6.07) is 5.52. The van der Waals surface area contributed by atoms with Crippen molar-refractivity contribution in [2.75, 3.05) is 18.2 Å². The highest BCUT2D eigenvalue weighted by atomic mass is 32.2. The van der Waals surface area contributed by atoms with Crippen molar-refractivity contribution in [2.24, 2.45) is 5.92 Å². The minimum Gasteiger partial charge on any atom is -0.465 e. The van der Waals surface area contributed by atoms with E-state index in [4.69, 9.17) is 9.15 Å². The third-order valence-corrected chi connectivity index (χ3v) is 7.76. The molecular formula is C21H20FN3O6S2. The maximum absolute atomic E-state index is 13.9. The molecule has 1 unspecified atom stereocenters. The number of methoxy groups -OCH3 is 1. The van der Waals surface area contributed by atoms with Crippen LogP contribution in [0.5, 0.6) is 0 Å². The van der Waals surface area contributed by atoms with Gasteiger partial charge in [0.05, 0.1) is 18.2 Å². The molecule has 1 atom stereocenters. The van der Waals surface area contributed by atoms with Crippen LogP contribution in [-0.4, -0.2) is 43.4 Å². The van der Waals surface area contributed by atoms with Crippen molar-refractivity contribution in [1.82, 2.24) is 10.2 Å². The summed E-state index contributed by atoms with van der Waals surface area (Å²) in [5.41, 5.74) is 1.03. The Morgan fingerprint density at radius 1 is 1.30 bits per heavy atom. The number of anilines is 1. The standard InChI is InChI=1S/C21H20FN3O6S2/c1-11-7-8-13-15(9-11)32-19(17(13)20(27)30-2)23-16(26)10-33(28,29)21-25-24-18(31-21)12-5-3-4-6-14(12)22/h3-6,11H,7-10H2,1-2H3,(H,23,26). The Kier molecular flexibility index (Phi) is 6.30. The van der Waals surface area contributed by atoms with Crippen molar-refractivity contribution in [3.8, 4) is 11.5 Å². The Hall–Kier alpha value is -3.12. The van der Waals surface area contributed by atoms with E-state index >= 15 is 0 Å². The molecule has 1 amide bonds. The zero-order valence-electron chi connectivity index (χ0n) is 17.8. The summed E-state index contributed by atoms with van der Waals surface area (Å²) in [5, 5.41) is 9.01. The zero-order valence-corrected chi connectivity index (χ0v) is 19.4. The maximum atomic E-state index is 13.9. The van der Waals surface area contributed by atoms with Crippen LogP contribution in [-0.2, 0) is 32.2 Å². The molecule has 0 bridgehead atoms. The number of ether oxygens (including phenoxy) is 1. The number of fused-ring (bicyclic) bond motifs is 1. The lowest BCUT2D eigenvalue weighted by Gasteiger charge is -2.18. The van der Waals surface area contributed by atoms with E-state index in [0.717, 1.165) is 23.3 Å². The second-order valence-electron chi connectivity index (χ2n) is 7.71. The number of halogens is 1. The highest BCUT2D eigenvalue weighted by Gasteiger charge is 2.31. The van der Waals surface area contributed by atoms with Crippen LogP contribution in [0.4, 0.5) is 9.39 Å². The number of rotatable bonds is 6. The molecule has 0 fully saturated rings. The van der Waals surface area contributed by atoms with Crippen molar-refractivity contribution in [2.45, 2.75) is 31.4 Å². The quantitative estimate of drug-likeness (QED) is 0.518. The van der Waals surface area contributed by atoms with Gasteiger partial charge in [-0.05, 0) is 42.9 Å². The van der Waals surface area contributed by atoms with E-state index in [2.05, 4.69) is 22.4 Å². The lowest BCUT2D eigenvalue weighted by molar-refractivity contribution is -0.113. The topological polar surface area (TPSA) is 128 Å². The van der Waals surface area contributed by atoms with Gasteiger partial charge in [-0.25, -0.2) is 17.6 Å². The van der Waals surface area contributed by atoms with Crippen LogP contribution in [0.3, 0.4) is 0 Å². The Labute approximate surface area is 192 Å². The second kappa shape index (κ2) is 9.02. The first-order chi connectivity index (χ1) is 15.7. The molecule has 1 aromatic carbocycles. The van der Waals surface area contributed by atoms with E-state index in [1.54, 1.807) is 0 Å². The summed E-state index contributed by atoms with van der Waals surface area (Å²) in [5.74, 6) is -3.00. The molecule has 1 N–H and O–H groups in total. The van der Waals surface area contributed by atoms with Crippen molar-refractivity contribution in [3.05, 3.63) is 46.1 Å². The lowest BCUT2D eigenvalue weighted by atomic mass is 9.88. The largest absolute Gasteiger partial charge is 0.465 e. The molecule has 4 rings (SSSR count). The van der Waals surface area contributed by atoms with Gasteiger partial charge in [-0.1, -0.05) is 24.2 Å². The number of amides is 1. The molecule has 0 aliphatic heterocycles. The highest BCUT2D eigenvalue weighted by Crippen LogP contribution is 2.40. The number of sulfone groups is 1. The van der Waals surface area contributed by atoms with Gasteiger partial charge in [0, 0.05) is 4.88 Å². The molecular weight excluding hydrogens is 473 g/mol. The van der Waals surface area contributed by atoms with Gasteiger partial charge in [0.15, 0.2) is 0 Å². The molecule has 0 spiro atoms. The lowest BCUT2D eigenvalue weighted by Crippen LogP contribution is -2.24. The number of hydrogen-bond acceptors (Lipinski definition) is 9. The number of carbonyl (C=O) groups excluding carboxylic acids is 2. The smallest absolute Gasteiger partial charge is 0.341 e. The fourth-order valence-electron chi connectivity index (χ4n) is 3.63. The molecule has 33 heavy (non-hydrogen) atoms. The first-order valence-corrected chi connectivity index (χ1v) is 12.5. The summed E-state index contributed by atoms with van der Waals surface area (Å²) in [6.07, 6.45) is 2.34. The van der Waals surface area contributed by atoms with Crippen molar-refractivity contribution in [1.29, 1.82) is 0 Å². The predicted octanol–water partition coefficient (Wildman–Crippen LogP) is 3.26. The molecule has 1 aliphatic rings. The van der Waals surface area contributed by atoms with Crippen molar-refractivity contribution >= 4 is 38.1 Å². The monoisotopic (exact) mass is 493 g/mol. The summed E-state index contributed by atoms with van der Waals surface area (Å²) >= 11 is 1.24. The molecule has 12 heteroatoms. The number of esters is 1. The number of hydrogen-bond donors (Lipinski definition) is 1. The van der Waals surface area contributed by atoms with Gasteiger partial charge in [0.1, 0.15) is 16.6 Å². The Morgan fingerprint density at radius 2 is 2.06 bits per heavy atom. The molecule has 174 valence electrons. The number of aromatic nitrogens is 2. The van der Waals surface area contributed by atoms with Crippen LogP contribution in [0.15, 0.2) is 33.9 Å². The van der Waals surface area contributed by atoms with Crippen LogP contribution in [0.25, 0.3) is 11.5 Å². The average Bonchev–Trinajstić information content (AvgIpc) is 3.38. The van der Waals surface area contributed by atoms with Crippen molar-refractivity contribution < 1.29 is 31.6 Å². The van der Waals surface area contributed by atoms with Gasteiger partial charge < -0.3 is 14.5 Å². The summed E-state index contributed by atoms with van der Waals surface area (Å²) in [7, 11) is -3.07. The van der Waals surface area contributed by atoms with Crippen LogP contribution in [0.2, 0.25) is 0 Å². The van der Waals surface area contributed by atoms with E-state index in [0.29, 0.717) is 12.3 Å². The number of nitrogens with zero attached hydrogens (tertiary/aromatic N) is 2. The van der Waals surface area contributed by atoms with E-state index in [9.17, 15) is 22.4 Å². The van der Waals surface area contributed by atoms with E-state index in [-0.39, 0.29) is 22.0 Å². The number of benzene rings is 1. The van der Waals surface area contributed by atoms with Gasteiger partial charge in [0.25, 0.3) is 5.89 Å². The third-order valence-electron chi connectivity index (χ3n) is 5.25. The van der Waals surface area contributed by atoms with Crippen LogP contribution >= 0.6 is 11.3 Å². The van der Waals surface area contributed by atoms with Gasteiger partial charge in [-0.2, -0.15) is 0 Å².